The van der Waals surface area contributed by atoms with Gasteiger partial charge in [0.1, 0.15) is 12.4 Å². The summed E-state index contributed by atoms with van der Waals surface area (Å²) >= 11 is 1.44. The molecule has 0 radical (unpaired) electrons. The van der Waals surface area contributed by atoms with Crippen LogP contribution in [0.2, 0.25) is 0 Å². The highest BCUT2D eigenvalue weighted by atomic mass is 32.2. The Balaban J connectivity index is 1.67. The molecule has 0 aromatic heterocycles. The molecular weight excluding hydrogens is 420 g/mol. The molecule has 1 fully saturated rings. The molecule has 1 N–H and O–H groups in total. The van der Waals surface area contributed by atoms with Crippen LogP contribution < -0.4 is 9.46 Å². The van der Waals surface area contributed by atoms with Gasteiger partial charge in [0.15, 0.2) is 0 Å². The van der Waals surface area contributed by atoms with E-state index in [-0.39, 0.29) is 24.0 Å². The Bertz CT molecular complexity index is 996. The number of thioether (sulfide) groups is 1. The molecule has 0 atom stereocenters. The van der Waals surface area contributed by atoms with Crippen LogP contribution in [0.5, 0.6) is 5.75 Å². The van der Waals surface area contributed by atoms with Crippen molar-refractivity contribution in [1.29, 1.82) is 0 Å². The Kier molecular flexibility index (Phi) is 7.44. The van der Waals surface area contributed by atoms with Gasteiger partial charge in [-0.2, -0.15) is 0 Å². The number of nitrogens with one attached hydrogen (secondary N) is 1. The molecule has 2 aromatic rings. The molecule has 0 spiro atoms. The highest BCUT2D eigenvalue weighted by Crippen LogP contribution is 2.26. The van der Waals surface area contributed by atoms with Gasteiger partial charge in [0.25, 0.3) is 5.91 Å². The predicted octanol–water partition coefficient (Wildman–Crippen LogP) is 3.62. The maximum Gasteiger partial charge on any atom is 0.255 e. The molecule has 1 saturated heterocycles. The number of hydrogen-bond acceptors (Lipinski definition) is 5. The fourth-order valence-corrected chi connectivity index (χ4v) is 5.17. The molecule has 1 aliphatic heterocycles. The molecule has 0 saturated carbocycles. The zero-order valence-electron chi connectivity index (χ0n) is 17.6. The smallest absolute Gasteiger partial charge is 0.255 e. The summed E-state index contributed by atoms with van der Waals surface area (Å²) in [5, 5.41) is 0. The van der Waals surface area contributed by atoms with Crippen molar-refractivity contribution in [3.8, 4) is 5.75 Å². The van der Waals surface area contributed by atoms with E-state index in [1.54, 1.807) is 17.0 Å². The number of amides is 1. The molecule has 0 aliphatic carbocycles. The van der Waals surface area contributed by atoms with Gasteiger partial charge in [-0.25, -0.2) is 13.1 Å². The number of hydrogen-bond donors (Lipinski definition) is 1. The average molecular weight is 449 g/mol. The fraction of sp³-hybridized carbons (Fsp3) is 0.409. The Morgan fingerprint density at radius 3 is 2.40 bits per heavy atom. The number of sulfonamides is 1. The Labute approximate surface area is 183 Å². The first-order valence-corrected chi connectivity index (χ1v) is 12.7. The first kappa shape index (κ1) is 22.7. The molecular formula is C22H28N2O4S2. The minimum atomic E-state index is -3.75. The van der Waals surface area contributed by atoms with E-state index < -0.39 is 10.0 Å². The standard InChI is InChI=1S/C22H28N2O4S2/c1-16-12-17(2)14-18(13-16)28-11-8-23-30(26,27)19-6-7-21(29-3)20(15-19)22(25)24-9-4-5-10-24/h6-7,12-15,23H,4-5,8-11H2,1-3H3. The molecule has 0 bridgehead atoms. The lowest BCUT2D eigenvalue weighted by Crippen LogP contribution is -2.30. The van der Waals surface area contributed by atoms with E-state index in [4.69, 9.17) is 4.74 Å². The SMILES string of the molecule is CSc1ccc(S(=O)(=O)NCCOc2cc(C)cc(C)c2)cc1C(=O)N1CCCC1. The minimum absolute atomic E-state index is 0.0919. The summed E-state index contributed by atoms with van der Waals surface area (Å²) in [6.07, 6.45) is 3.85. The van der Waals surface area contributed by atoms with Crippen LogP contribution in [0, 0.1) is 13.8 Å². The van der Waals surface area contributed by atoms with Gasteiger partial charge in [-0.3, -0.25) is 4.79 Å². The van der Waals surface area contributed by atoms with Gasteiger partial charge in [-0.05, 0) is 74.4 Å². The second-order valence-corrected chi connectivity index (χ2v) is 10.0. The maximum absolute atomic E-state index is 12.9. The van der Waals surface area contributed by atoms with Gasteiger partial charge in [-0.15, -0.1) is 11.8 Å². The Morgan fingerprint density at radius 1 is 1.10 bits per heavy atom. The number of carbonyl (C=O) groups is 1. The van der Waals surface area contributed by atoms with Crippen LogP contribution in [0.4, 0.5) is 0 Å². The van der Waals surface area contributed by atoms with E-state index in [9.17, 15) is 13.2 Å². The van der Waals surface area contributed by atoms with E-state index in [1.807, 2.05) is 32.2 Å². The maximum atomic E-state index is 12.9. The van der Waals surface area contributed by atoms with Crippen molar-refractivity contribution in [2.24, 2.45) is 0 Å². The van der Waals surface area contributed by atoms with Crippen molar-refractivity contribution in [1.82, 2.24) is 9.62 Å². The molecule has 1 heterocycles. The fourth-order valence-electron chi connectivity index (χ4n) is 3.56. The van der Waals surface area contributed by atoms with Crippen LogP contribution in [-0.4, -0.2) is 51.7 Å². The van der Waals surface area contributed by atoms with Crippen LogP contribution in [0.1, 0.15) is 34.3 Å². The summed E-state index contributed by atoms with van der Waals surface area (Å²) in [4.78, 5) is 15.5. The van der Waals surface area contributed by atoms with Crippen LogP contribution >= 0.6 is 11.8 Å². The van der Waals surface area contributed by atoms with Gasteiger partial charge >= 0.3 is 0 Å². The van der Waals surface area contributed by atoms with Crippen LogP contribution in [0.3, 0.4) is 0 Å². The number of benzene rings is 2. The summed E-state index contributed by atoms with van der Waals surface area (Å²) in [5.74, 6) is 0.613. The first-order chi connectivity index (χ1) is 14.3. The van der Waals surface area contributed by atoms with Crippen LogP contribution in [0.15, 0.2) is 46.2 Å². The average Bonchev–Trinajstić information content (AvgIpc) is 3.24. The van der Waals surface area contributed by atoms with Crippen LogP contribution in [0.25, 0.3) is 0 Å². The van der Waals surface area contributed by atoms with Crippen LogP contribution in [-0.2, 0) is 10.0 Å². The van der Waals surface area contributed by atoms with E-state index in [1.165, 1.54) is 17.8 Å². The third kappa shape index (κ3) is 5.56. The number of carbonyl (C=O) groups excluding carboxylic acids is 1. The lowest BCUT2D eigenvalue weighted by atomic mass is 10.1. The first-order valence-electron chi connectivity index (χ1n) is 9.98. The normalized spacial score (nSPS) is 14.2. The quantitative estimate of drug-likeness (QED) is 0.493. The van der Waals surface area contributed by atoms with Gasteiger partial charge < -0.3 is 9.64 Å². The molecule has 30 heavy (non-hydrogen) atoms. The summed E-state index contributed by atoms with van der Waals surface area (Å²) in [6, 6.07) is 10.6. The molecule has 0 unspecified atom stereocenters. The van der Waals surface area contributed by atoms with Gasteiger partial charge in [0.05, 0.1) is 10.5 Å². The van der Waals surface area contributed by atoms with E-state index >= 15 is 0 Å². The number of rotatable bonds is 8. The van der Waals surface area contributed by atoms with E-state index in [2.05, 4.69) is 10.8 Å². The van der Waals surface area contributed by atoms with E-state index in [0.717, 1.165) is 47.7 Å². The van der Waals surface area contributed by atoms with Gasteiger partial charge in [0.2, 0.25) is 10.0 Å². The molecule has 2 aromatic carbocycles. The Hall–Kier alpha value is -2.03. The van der Waals surface area contributed by atoms with E-state index in [0.29, 0.717) is 5.56 Å². The van der Waals surface area contributed by atoms with Crippen molar-refractivity contribution in [3.63, 3.8) is 0 Å². The Morgan fingerprint density at radius 2 is 1.77 bits per heavy atom. The highest BCUT2D eigenvalue weighted by molar-refractivity contribution is 7.98. The summed E-state index contributed by atoms with van der Waals surface area (Å²) in [6.45, 7) is 5.76. The van der Waals surface area contributed by atoms with Gasteiger partial charge in [0, 0.05) is 24.5 Å². The minimum Gasteiger partial charge on any atom is -0.492 e. The number of ether oxygens (including phenoxy) is 1. The molecule has 8 heteroatoms. The van der Waals surface area contributed by atoms with Crippen molar-refractivity contribution in [2.45, 2.75) is 36.5 Å². The monoisotopic (exact) mass is 448 g/mol. The van der Waals surface area contributed by atoms with Crippen molar-refractivity contribution in [3.05, 3.63) is 53.1 Å². The second-order valence-electron chi connectivity index (χ2n) is 7.43. The predicted molar refractivity (Wildman–Crippen MR) is 120 cm³/mol. The zero-order chi connectivity index (χ0) is 21.7. The topological polar surface area (TPSA) is 75.7 Å². The molecule has 162 valence electrons. The summed E-state index contributed by atoms with van der Waals surface area (Å²) < 4.78 is 33.7. The lowest BCUT2D eigenvalue weighted by Gasteiger charge is -2.18. The molecule has 3 rings (SSSR count). The number of nitrogens with zero attached hydrogens (tertiary/aromatic N) is 1. The van der Waals surface area contributed by atoms with Crippen molar-refractivity contribution in [2.75, 3.05) is 32.5 Å². The number of aryl methyl sites for hydroxylation is 2. The molecule has 1 aliphatic rings. The largest absolute Gasteiger partial charge is 0.492 e. The second kappa shape index (κ2) is 9.85. The number of likely N-dealkylation sites (tertiary alicyclic amines) is 1. The molecule has 6 nitrogen and oxygen atoms in total. The summed E-state index contributed by atoms with van der Waals surface area (Å²) in [5.41, 5.74) is 2.63. The van der Waals surface area contributed by atoms with Gasteiger partial charge in [-0.1, -0.05) is 6.07 Å². The zero-order valence-corrected chi connectivity index (χ0v) is 19.2. The highest BCUT2D eigenvalue weighted by Gasteiger charge is 2.24. The third-order valence-corrected chi connectivity index (χ3v) is 7.22. The third-order valence-electron chi connectivity index (χ3n) is 4.96. The lowest BCUT2D eigenvalue weighted by molar-refractivity contribution is 0.0789. The summed E-state index contributed by atoms with van der Waals surface area (Å²) in [7, 11) is -3.75. The van der Waals surface area contributed by atoms with Crippen molar-refractivity contribution >= 4 is 27.7 Å². The van der Waals surface area contributed by atoms with Crippen molar-refractivity contribution < 1.29 is 17.9 Å². The molecule has 1 amide bonds.